The van der Waals surface area contributed by atoms with Gasteiger partial charge >= 0.3 is 0 Å². The van der Waals surface area contributed by atoms with Gasteiger partial charge in [0.15, 0.2) is 5.82 Å². The second-order valence-electron chi connectivity index (χ2n) is 10.1. The number of fused-ring (bicyclic) bond motifs is 1. The Hall–Kier alpha value is -3.37. The fraction of sp³-hybridized carbons (Fsp3) is 0.407. The molecule has 9 nitrogen and oxygen atoms in total. The van der Waals surface area contributed by atoms with Gasteiger partial charge in [0.05, 0.1) is 23.0 Å². The van der Waals surface area contributed by atoms with E-state index >= 15 is 0 Å². The van der Waals surface area contributed by atoms with Crippen LogP contribution in [0.1, 0.15) is 37.1 Å². The molecule has 1 amide bonds. The van der Waals surface area contributed by atoms with E-state index in [9.17, 15) is 4.79 Å². The van der Waals surface area contributed by atoms with Gasteiger partial charge in [-0.1, -0.05) is 23.9 Å². The highest BCUT2D eigenvalue weighted by Crippen LogP contribution is 2.47. The third-order valence-corrected chi connectivity index (χ3v) is 8.81. The second kappa shape index (κ2) is 9.83. The van der Waals surface area contributed by atoms with E-state index in [1.165, 1.54) is 0 Å². The molecule has 2 N–H and O–H groups in total. The minimum atomic E-state index is 0.0633. The number of hydrogen-bond donors (Lipinski definition) is 2. The number of anilines is 5. The minimum Gasteiger partial charge on any atom is -0.368 e. The lowest BCUT2D eigenvalue weighted by molar-refractivity contribution is -0.117. The molecule has 10 heteroatoms. The molecule has 3 aromatic rings. The van der Waals surface area contributed by atoms with Gasteiger partial charge in [0.2, 0.25) is 5.91 Å². The lowest BCUT2D eigenvalue weighted by Gasteiger charge is -2.25. The summed E-state index contributed by atoms with van der Waals surface area (Å²) in [6.07, 6.45) is 8.10. The number of nitrogens with one attached hydrogen (secondary N) is 2. The van der Waals surface area contributed by atoms with E-state index in [1.807, 2.05) is 35.5 Å². The Kier molecular flexibility index (Phi) is 6.37. The Morgan fingerprint density at radius 2 is 2.08 bits per heavy atom. The standard InChI is InChI=1S/C27H32N8OS/c1-17-10-20(16-33(17)2)34(3)25-15-28-14-24(32-25)31-23-12-21-22(13-29-23)37-27(30-21)18-6-4-7-19(11-18)35-9-5-8-26(35)36/h4,6-7,11-15,17,20,27,30H,5,8-10,16H2,1-3H3,(H,29,31,32). The summed E-state index contributed by atoms with van der Waals surface area (Å²) in [5, 5.41) is 7.00. The van der Waals surface area contributed by atoms with Crippen LogP contribution < -0.4 is 20.4 Å². The van der Waals surface area contributed by atoms with E-state index < -0.39 is 0 Å². The number of likely N-dealkylation sites (N-methyl/N-ethyl adjacent to an activating group) is 2. The number of likely N-dealkylation sites (tertiary alicyclic amines) is 1. The number of nitrogens with zero attached hydrogens (tertiary/aromatic N) is 6. The summed E-state index contributed by atoms with van der Waals surface area (Å²) in [7, 11) is 4.26. The molecule has 3 aliphatic rings. The van der Waals surface area contributed by atoms with Crippen LogP contribution >= 0.6 is 11.8 Å². The molecule has 0 bridgehead atoms. The zero-order chi connectivity index (χ0) is 25.5. The summed E-state index contributed by atoms with van der Waals surface area (Å²) >= 11 is 1.73. The van der Waals surface area contributed by atoms with Crippen molar-refractivity contribution in [3.05, 3.63) is 54.5 Å². The molecule has 0 saturated carbocycles. The van der Waals surface area contributed by atoms with Gasteiger partial charge in [-0.15, -0.1) is 0 Å². The summed E-state index contributed by atoms with van der Waals surface area (Å²) in [5.41, 5.74) is 3.14. The number of amides is 1. The monoisotopic (exact) mass is 516 g/mol. The van der Waals surface area contributed by atoms with E-state index in [0.717, 1.165) is 53.6 Å². The molecule has 0 spiro atoms. The number of hydrogen-bond acceptors (Lipinski definition) is 9. The molecule has 3 unspecified atom stereocenters. The van der Waals surface area contributed by atoms with Crippen LogP contribution in [0.4, 0.5) is 28.8 Å². The molecule has 1 aromatic carbocycles. The SMILES string of the molecule is CC1CC(N(C)c2cncc(Nc3cc4c(cn3)SC(c3cccc(N5CCCC5=O)c3)N4)n2)CN1C. The first-order valence-corrected chi connectivity index (χ1v) is 13.7. The predicted octanol–water partition coefficient (Wildman–Crippen LogP) is 4.49. The molecule has 2 fully saturated rings. The van der Waals surface area contributed by atoms with Gasteiger partial charge in [-0.25, -0.2) is 9.97 Å². The van der Waals surface area contributed by atoms with Crippen molar-refractivity contribution in [1.29, 1.82) is 0 Å². The van der Waals surface area contributed by atoms with Crippen LogP contribution in [-0.4, -0.2) is 65.0 Å². The van der Waals surface area contributed by atoms with Crippen LogP contribution in [0.3, 0.4) is 0 Å². The van der Waals surface area contributed by atoms with Crippen LogP contribution in [0.25, 0.3) is 0 Å². The van der Waals surface area contributed by atoms with Crippen LogP contribution in [0.2, 0.25) is 0 Å². The van der Waals surface area contributed by atoms with Gasteiger partial charge in [0, 0.05) is 56.6 Å². The van der Waals surface area contributed by atoms with Gasteiger partial charge in [0.1, 0.15) is 17.0 Å². The Labute approximate surface area is 221 Å². The number of benzene rings is 1. The molecule has 0 aliphatic carbocycles. The maximum Gasteiger partial charge on any atom is 0.227 e. The molecular weight excluding hydrogens is 484 g/mol. The number of thioether (sulfide) groups is 1. The summed E-state index contributed by atoms with van der Waals surface area (Å²) in [4.78, 5) is 33.6. The second-order valence-corrected chi connectivity index (χ2v) is 11.3. The first-order valence-electron chi connectivity index (χ1n) is 12.8. The summed E-state index contributed by atoms with van der Waals surface area (Å²) in [5.74, 6) is 2.44. The summed E-state index contributed by atoms with van der Waals surface area (Å²) < 4.78 is 0. The van der Waals surface area contributed by atoms with Gasteiger partial charge in [0.25, 0.3) is 0 Å². The van der Waals surface area contributed by atoms with Crippen molar-refractivity contribution in [3.63, 3.8) is 0 Å². The van der Waals surface area contributed by atoms with E-state index in [1.54, 1.807) is 18.0 Å². The number of pyridine rings is 1. The molecule has 192 valence electrons. The summed E-state index contributed by atoms with van der Waals surface area (Å²) in [6, 6.07) is 11.3. The van der Waals surface area contributed by atoms with Crippen molar-refractivity contribution in [2.45, 2.75) is 48.5 Å². The topological polar surface area (TPSA) is 89.5 Å². The van der Waals surface area contributed by atoms with E-state index in [4.69, 9.17) is 4.98 Å². The Morgan fingerprint density at radius 3 is 2.86 bits per heavy atom. The molecule has 0 radical (unpaired) electrons. The quantitative estimate of drug-likeness (QED) is 0.492. The van der Waals surface area contributed by atoms with Gasteiger partial charge in [-0.05, 0) is 44.5 Å². The van der Waals surface area contributed by atoms with E-state index in [0.29, 0.717) is 30.1 Å². The Balaban J connectivity index is 1.14. The smallest absolute Gasteiger partial charge is 0.227 e. The van der Waals surface area contributed by atoms with Crippen molar-refractivity contribution in [1.82, 2.24) is 19.9 Å². The Morgan fingerprint density at radius 1 is 1.19 bits per heavy atom. The van der Waals surface area contributed by atoms with Crippen LogP contribution in [0.5, 0.6) is 0 Å². The number of carbonyl (C=O) groups excluding carboxylic acids is 1. The van der Waals surface area contributed by atoms with Gasteiger partial charge < -0.3 is 25.3 Å². The third kappa shape index (κ3) is 4.83. The van der Waals surface area contributed by atoms with Crippen molar-refractivity contribution < 1.29 is 4.79 Å². The molecule has 3 atom stereocenters. The molecule has 3 aliphatic heterocycles. The maximum atomic E-state index is 12.2. The molecule has 5 heterocycles. The number of rotatable bonds is 6. The number of carbonyl (C=O) groups is 1. The lowest BCUT2D eigenvalue weighted by Crippen LogP contribution is -2.34. The summed E-state index contributed by atoms with van der Waals surface area (Å²) in [6.45, 7) is 4.08. The van der Waals surface area contributed by atoms with E-state index in [-0.39, 0.29) is 11.3 Å². The Bertz CT molecular complexity index is 1310. The zero-order valence-electron chi connectivity index (χ0n) is 21.4. The third-order valence-electron chi connectivity index (χ3n) is 7.61. The molecule has 2 saturated heterocycles. The zero-order valence-corrected chi connectivity index (χ0v) is 22.2. The van der Waals surface area contributed by atoms with Crippen LogP contribution in [0, 0.1) is 0 Å². The van der Waals surface area contributed by atoms with Gasteiger partial charge in [-0.2, -0.15) is 0 Å². The van der Waals surface area contributed by atoms with Crippen LogP contribution in [-0.2, 0) is 4.79 Å². The molecule has 37 heavy (non-hydrogen) atoms. The highest BCUT2D eigenvalue weighted by Gasteiger charge is 2.30. The fourth-order valence-electron chi connectivity index (χ4n) is 5.29. The average molecular weight is 517 g/mol. The first kappa shape index (κ1) is 24.0. The number of aromatic nitrogens is 3. The van der Waals surface area contributed by atoms with Crippen molar-refractivity contribution in [2.24, 2.45) is 0 Å². The van der Waals surface area contributed by atoms with Crippen molar-refractivity contribution in [2.75, 3.05) is 47.6 Å². The van der Waals surface area contributed by atoms with Crippen LogP contribution in [0.15, 0.2) is 53.8 Å². The predicted molar refractivity (Wildman–Crippen MR) is 149 cm³/mol. The minimum absolute atomic E-state index is 0.0633. The van der Waals surface area contributed by atoms with Gasteiger partial charge in [-0.3, -0.25) is 9.78 Å². The molecular formula is C27H32N8OS. The fourth-order valence-corrected chi connectivity index (χ4v) is 6.37. The molecule has 2 aromatic heterocycles. The first-order chi connectivity index (χ1) is 17.9. The molecule has 6 rings (SSSR count). The lowest BCUT2D eigenvalue weighted by atomic mass is 10.2. The van der Waals surface area contributed by atoms with E-state index in [2.05, 4.69) is 63.6 Å². The highest BCUT2D eigenvalue weighted by molar-refractivity contribution is 8.00. The van der Waals surface area contributed by atoms with Crippen molar-refractivity contribution in [3.8, 4) is 0 Å². The maximum absolute atomic E-state index is 12.2. The average Bonchev–Trinajstić information content (AvgIpc) is 3.62. The normalized spacial score (nSPS) is 23.3. The highest BCUT2D eigenvalue weighted by atomic mass is 32.2. The largest absolute Gasteiger partial charge is 0.368 e. The van der Waals surface area contributed by atoms with Crippen molar-refractivity contribution >= 4 is 46.5 Å².